The molecule has 1 N–H and O–H groups in total. The van der Waals surface area contributed by atoms with Crippen LogP contribution in [0.4, 0.5) is 5.82 Å². The lowest BCUT2D eigenvalue weighted by atomic mass is 10.2. The zero-order valence-corrected chi connectivity index (χ0v) is 12.0. The summed E-state index contributed by atoms with van der Waals surface area (Å²) in [5, 5.41) is 6.44. The van der Waals surface area contributed by atoms with Crippen LogP contribution in [0.3, 0.4) is 0 Å². The van der Waals surface area contributed by atoms with Crippen LogP contribution < -0.4 is 5.43 Å². The van der Waals surface area contributed by atoms with Gasteiger partial charge < -0.3 is 0 Å². The SMILES string of the molecule is C/C(=N\Nc1ncnc2c(C)csc12)c1cccnc1. The number of hydrogen-bond donors (Lipinski definition) is 1. The molecule has 0 fully saturated rings. The molecule has 3 rings (SSSR count). The highest BCUT2D eigenvalue weighted by Crippen LogP contribution is 2.28. The third-order valence-electron chi connectivity index (χ3n) is 2.94. The van der Waals surface area contributed by atoms with E-state index in [9.17, 15) is 0 Å². The van der Waals surface area contributed by atoms with E-state index in [1.807, 2.05) is 26.0 Å². The van der Waals surface area contributed by atoms with Crippen LogP contribution in [0.2, 0.25) is 0 Å². The number of rotatable bonds is 3. The minimum atomic E-state index is 0.733. The molecule has 0 saturated heterocycles. The lowest BCUT2D eigenvalue weighted by Gasteiger charge is -2.03. The molecular weight excluding hydrogens is 270 g/mol. The predicted molar refractivity (Wildman–Crippen MR) is 82.2 cm³/mol. The minimum Gasteiger partial charge on any atom is -0.264 e. The Bertz CT molecular complexity index is 764. The molecule has 0 aliphatic heterocycles. The summed E-state index contributed by atoms with van der Waals surface area (Å²) in [6.45, 7) is 3.97. The van der Waals surface area contributed by atoms with Crippen molar-refractivity contribution in [2.45, 2.75) is 13.8 Å². The zero-order chi connectivity index (χ0) is 13.9. The van der Waals surface area contributed by atoms with E-state index in [-0.39, 0.29) is 0 Å². The summed E-state index contributed by atoms with van der Waals surface area (Å²) in [5.74, 6) is 0.733. The Hall–Kier alpha value is -2.34. The first-order valence-electron chi connectivity index (χ1n) is 6.15. The van der Waals surface area contributed by atoms with Crippen LogP contribution in [0, 0.1) is 6.92 Å². The molecular formula is C14H13N5S. The number of nitrogens with one attached hydrogen (secondary N) is 1. The molecule has 20 heavy (non-hydrogen) atoms. The molecule has 0 unspecified atom stereocenters. The molecule has 6 heteroatoms. The largest absolute Gasteiger partial charge is 0.264 e. The Labute approximate surface area is 120 Å². The number of hydrogen-bond acceptors (Lipinski definition) is 6. The Balaban J connectivity index is 1.91. The van der Waals surface area contributed by atoms with E-state index in [1.165, 1.54) is 0 Å². The van der Waals surface area contributed by atoms with Crippen LogP contribution >= 0.6 is 11.3 Å². The summed E-state index contributed by atoms with van der Waals surface area (Å²) < 4.78 is 1.02. The van der Waals surface area contributed by atoms with Crippen molar-refractivity contribution in [2.75, 3.05) is 5.43 Å². The molecule has 0 aromatic carbocycles. The average molecular weight is 283 g/mol. The highest BCUT2D eigenvalue weighted by atomic mass is 32.1. The number of nitrogens with zero attached hydrogens (tertiary/aromatic N) is 4. The highest BCUT2D eigenvalue weighted by Gasteiger charge is 2.07. The molecule has 0 radical (unpaired) electrons. The maximum absolute atomic E-state index is 4.37. The summed E-state index contributed by atoms with van der Waals surface area (Å²) in [7, 11) is 0. The number of aromatic nitrogens is 3. The lowest BCUT2D eigenvalue weighted by molar-refractivity contribution is 1.18. The molecule has 0 saturated carbocycles. The minimum absolute atomic E-state index is 0.733. The van der Waals surface area contributed by atoms with Gasteiger partial charge >= 0.3 is 0 Å². The van der Waals surface area contributed by atoms with Gasteiger partial charge in [-0.1, -0.05) is 6.07 Å². The summed E-state index contributed by atoms with van der Waals surface area (Å²) in [4.78, 5) is 12.6. The molecule has 3 aromatic heterocycles. The fraction of sp³-hybridized carbons (Fsp3) is 0.143. The normalized spacial score (nSPS) is 11.8. The molecule has 0 amide bonds. The van der Waals surface area contributed by atoms with Crippen molar-refractivity contribution in [3.8, 4) is 0 Å². The Morgan fingerprint density at radius 3 is 3.05 bits per heavy atom. The van der Waals surface area contributed by atoms with Gasteiger partial charge in [-0.3, -0.25) is 10.4 Å². The Morgan fingerprint density at radius 2 is 2.25 bits per heavy atom. The second-order valence-corrected chi connectivity index (χ2v) is 5.25. The van der Waals surface area contributed by atoms with Gasteiger partial charge in [0.15, 0.2) is 5.82 Å². The first-order valence-corrected chi connectivity index (χ1v) is 7.03. The van der Waals surface area contributed by atoms with Crippen molar-refractivity contribution in [1.82, 2.24) is 15.0 Å². The number of aryl methyl sites for hydroxylation is 1. The third-order valence-corrected chi connectivity index (χ3v) is 4.03. The van der Waals surface area contributed by atoms with Crippen molar-refractivity contribution in [2.24, 2.45) is 5.10 Å². The van der Waals surface area contributed by atoms with Gasteiger partial charge in [0.05, 0.1) is 15.9 Å². The molecule has 0 spiro atoms. The molecule has 3 heterocycles. The van der Waals surface area contributed by atoms with E-state index < -0.39 is 0 Å². The molecule has 5 nitrogen and oxygen atoms in total. The van der Waals surface area contributed by atoms with Gasteiger partial charge in [0, 0.05) is 18.0 Å². The average Bonchev–Trinajstić information content (AvgIpc) is 2.88. The van der Waals surface area contributed by atoms with Gasteiger partial charge in [0.25, 0.3) is 0 Å². The number of anilines is 1. The fourth-order valence-corrected chi connectivity index (χ4v) is 2.77. The number of thiophene rings is 1. The maximum atomic E-state index is 4.37. The van der Waals surface area contributed by atoms with Crippen LogP contribution in [0.1, 0.15) is 18.1 Å². The summed E-state index contributed by atoms with van der Waals surface area (Å²) in [6.07, 6.45) is 5.08. The second-order valence-electron chi connectivity index (χ2n) is 4.37. The number of pyridine rings is 1. The highest BCUT2D eigenvalue weighted by molar-refractivity contribution is 7.18. The van der Waals surface area contributed by atoms with Crippen molar-refractivity contribution in [1.29, 1.82) is 0 Å². The van der Waals surface area contributed by atoms with E-state index >= 15 is 0 Å². The van der Waals surface area contributed by atoms with Crippen LogP contribution in [0.5, 0.6) is 0 Å². The van der Waals surface area contributed by atoms with Crippen LogP contribution in [0.15, 0.2) is 41.3 Å². The first-order chi connectivity index (χ1) is 9.75. The van der Waals surface area contributed by atoms with Crippen molar-refractivity contribution in [3.63, 3.8) is 0 Å². The molecule has 100 valence electrons. The van der Waals surface area contributed by atoms with E-state index in [1.54, 1.807) is 30.1 Å². The maximum Gasteiger partial charge on any atom is 0.167 e. The molecule has 0 bridgehead atoms. The molecule has 3 aromatic rings. The summed E-state index contributed by atoms with van der Waals surface area (Å²) in [5.41, 5.74) is 6.99. The van der Waals surface area contributed by atoms with Crippen LogP contribution in [0.25, 0.3) is 10.2 Å². The summed E-state index contributed by atoms with van der Waals surface area (Å²) in [6, 6.07) is 3.86. The molecule has 0 atom stereocenters. The number of fused-ring (bicyclic) bond motifs is 1. The topological polar surface area (TPSA) is 63.1 Å². The van der Waals surface area contributed by atoms with E-state index in [4.69, 9.17) is 0 Å². The standard InChI is InChI=1S/C14H13N5S/c1-9-7-20-13-12(9)16-8-17-14(13)19-18-10(2)11-4-3-5-15-6-11/h3-8H,1-2H3,(H,16,17,19)/b18-10+. The Morgan fingerprint density at radius 1 is 1.35 bits per heavy atom. The van der Waals surface area contributed by atoms with Gasteiger partial charge in [0.1, 0.15) is 6.33 Å². The third kappa shape index (κ3) is 2.37. The van der Waals surface area contributed by atoms with E-state index in [0.717, 1.165) is 32.9 Å². The van der Waals surface area contributed by atoms with Crippen molar-refractivity contribution < 1.29 is 0 Å². The quantitative estimate of drug-likeness (QED) is 0.592. The van der Waals surface area contributed by atoms with E-state index in [0.29, 0.717) is 0 Å². The second kappa shape index (κ2) is 5.34. The van der Waals surface area contributed by atoms with Gasteiger partial charge in [0.2, 0.25) is 0 Å². The van der Waals surface area contributed by atoms with Gasteiger partial charge in [-0.25, -0.2) is 9.97 Å². The van der Waals surface area contributed by atoms with E-state index in [2.05, 4.69) is 30.9 Å². The van der Waals surface area contributed by atoms with Crippen molar-refractivity contribution in [3.05, 3.63) is 47.4 Å². The van der Waals surface area contributed by atoms with Gasteiger partial charge in [-0.2, -0.15) is 5.10 Å². The number of hydrazone groups is 1. The fourth-order valence-electron chi connectivity index (χ4n) is 1.83. The van der Waals surface area contributed by atoms with Crippen LogP contribution in [-0.4, -0.2) is 20.7 Å². The molecule has 0 aliphatic carbocycles. The first kappa shape index (κ1) is 12.7. The predicted octanol–water partition coefficient (Wildman–Crippen LogP) is 3.23. The van der Waals surface area contributed by atoms with Crippen LogP contribution in [-0.2, 0) is 0 Å². The molecule has 0 aliphatic rings. The Kier molecular flexibility index (Phi) is 3.39. The lowest BCUT2D eigenvalue weighted by Crippen LogP contribution is -2.01. The smallest absolute Gasteiger partial charge is 0.167 e. The monoisotopic (exact) mass is 283 g/mol. The van der Waals surface area contributed by atoms with Gasteiger partial charge in [-0.15, -0.1) is 11.3 Å². The summed E-state index contributed by atoms with van der Waals surface area (Å²) >= 11 is 1.62. The zero-order valence-electron chi connectivity index (χ0n) is 11.2. The van der Waals surface area contributed by atoms with Crippen molar-refractivity contribution >= 4 is 33.1 Å². The van der Waals surface area contributed by atoms with Gasteiger partial charge in [-0.05, 0) is 30.9 Å².